The van der Waals surface area contributed by atoms with Gasteiger partial charge in [-0.15, -0.1) is 5.10 Å². The zero-order valence-corrected chi connectivity index (χ0v) is 20.0. The highest BCUT2D eigenvalue weighted by Crippen LogP contribution is 2.39. The third-order valence-electron chi connectivity index (χ3n) is 7.30. The highest BCUT2D eigenvalue weighted by Gasteiger charge is 2.43. The Kier molecular flexibility index (Phi) is 6.90. The molecule has 3 aliphatic heterocycles. The summed E-state index contributed by atoms with van der Waals surface area (Å²) in [7, 11) is 0. The van der Waals surface area contributed by atoms with Gasteiger partial charge in [0.2, 0.25) is 0 Å². The Morgan fingerprint density at radius 2 is 1.71 bits per heavy atom. The average Bonchev–Trinajstić information content (AvgIpc) is 2.98. The molecule has 5 nitrogen and oxygen atoms in total. The predicted octanol–water partition coefficient (Wildman–Crippen LogP) is 5.34. The van der Waals surface area contributed by atoms with Gasteiger partial charge in [-0.3, -0.25) is 9.89 Å². The largest absolute Gasteiger partial charge is 0.350 e. The van der Waals surface area contributed by atoms with Crippen LogP contribution in [0.5, 0.6) is 0 Å². The molecule has 168 valence electrons. The van der Waals surface area contributed by atoms with E-state index in [0.29, 0.717) is 24.0 Å². The number of aliphatic imine (C=N–C) groups is 1. The van der Waals surface area contributed by atoms with Crippen molar-refractivity contribution in [3.63, 3.8) is 0 Å². The first-order valence-corrected chi connectivity index (χ1v) is 12.1. The molecule has 0 radical (unpaired) electrons. The van der Waals surface area contributed by atoms with Crippen LogP contribution in [0.1, 0.15) is 78.3 Å². The summed E-state index contributed by atoms with van der Waals surface area (Å²) in [6, 6.07) is 13.1. The maximum absolute atomic E-state index is 4.98. The van der Waals surface area contributed by atoms with E-state index in [0.717, 1.165) is 31.1 Å². The van der Waals surface area contributed by atoms with Gasteiger partial charge in [0.1, 0.15) is 5.84 Å². The molecular weight excluding hydrogens is 382 g/mol. The molecule has 4 rings (SSSR count). The Hall–Kier alpha value is -2.01. The maximum atomic E-state index is 4.98. The van der Waals surface area contributed by atoms with Gasteiger partial charge in [0.15, 0.2) is 0 Å². The molecular formula is C26H39N5. The van der Waals surface area contributed by atoms with Crippen molar-refractivity contribution in [1.82, 2.24) is 9.80 Å². The quantitative estimate of drug-likeness (QED) is 0.558. The monoisotopic (exact) mass is 421 g/mol. The lowest BCUT2D eigenvalue weighted by atomic mass is 9.93. The molecule has 3 unspecified atom stereocenters. The Bertz CT molecular complexity index is 823. The van der Waals surface area contributed by atoms with E-state index >= 15 is 0 Å². The van der Waals surface area contributed by atoms with Gasteiger partial charge in [0.25, 0.3) is 0 Å². The van der Waals surface area contributed by atoms with Gasteiger partial charge in [-0.1, -0.05) is 44.2 Å². The first-order chi connectivity index (χ1) is 14.9. The Labute approximate surface area is 188 Å². The molecule has 0 aromatic heterocycles. The highest BCUT2D eigenvalue weighted by atomic mass is 15.4. The third kappa shape index (κ3) is 5.08. The third-order valence-corrected chi connectivity index (χ3v) is 7.30. The van der Waals surface area contributed by atoms with Gasteiger partial charge in [-0.2, -0.15) is 5.10 Å². The fourth-order valence-corrected chi connectivity index (χ4v) is 5.63. The van der Waals surface area contributed by atoms with Crippen LogP contribution in [0, 0.1) is 5.92 Å². The van der Waals surface area contributed by atoms with E-state index in [1.165, 1.54) is 37.0 Å². The maximum Gasteiger partial charge on any atom is 0.124 e. The smallest absolute Gasteiger partial charge is 0.124 e. The van der Waals surface area contributed by atoms with E-state index in [9.17, 15) is 0 Å². The summed E-state index contributed by atoms with van der Waals surface area (Å²) in [6.45, 7) is 12.9. The van der Waals surface area contributed by atoms with Crippen molar-refractivity contribution in [1.29, 1.82) is 0 Å². The van der Waals surface area contributed by atoms with Crippen LogP contribution >= 0.6 is 0 Å². The number of piperidine rings is 1. The molecule has 2 fully saturated rings. The second-order valence-electron chi connectivity index (χ2n) is 10.1. The van der Waals surface area contributed by atoms with E-state index in [4.69, 9.17) is 4.99 Å². The second kappa shape index (κ2) is 9.64. The molecule has 0 spiro atoms. The van der Waals surface area contributed by atoms with Crippen molar-refractivity contribution in [3.05, 3.63) is 35.9 Å². The summed E-state index contributed by atoms with van der Waals surface area (Å²) in [6.07, 6.45) is 6.27. The van der Waals surface area contributed by atoms with Crippen molar-refractivity contribution < 1.29 is 0 Å². The van der Waals surface area contributed by atoms with Gasteiger partial charge in [0, 0.05) is 30.4 Å². The van der Waals surface area contributed by atoms with Crippen molar-refractivity contribution in [3.8, 4) is 0 Å². The minimum atomic E-state index is 0.268. The topological polar surface area (TPSA) is 43.6 Å². The molecule has 5 heteroatoms. The molecule has 0 saturated carbocycles. The minimum absolute atomic E-state index is 0.268. The Morgan fingerprint density at radius 1 is 1.03 bits per heavy atom. The fraction of sp³-hybridized carbons (Fsp3) is 0.654. The number of amidine groups is 1. The van der Waals surface area contributed by atoms with E-state index < -0.39 is 0 Å². The number of benzene rings is 1. The van der Waals surface area contributed by atoms with E-state index in [1.54, 1.807) is 0 Å². The Balaban J connectivity index is 1.40. The summed E-state index contributed by atoms with van der Waals surface area (Å²) in [5, 5.41) is 8.97. The van der Waals surface area contributed by atoms with Gasteiger partial charge in [-0.05, 0) is 64.4 Å². The van der Waals surface area contributed by atoms with Crippen LogP contribution in [-0.4, -0.2) is 58.3 Å². The van der Waals surface area contributed by atoms with Gasteiger partial charge < -0.3 is 4.90 Å². The van der Waals surface area contributed by atoms with Crippen LogP contribution in [0.4, 0.5) is 0 Å². The lowest BCUT2D eigenvalue weighted by Gasteiger charge is -2.45. The van der Waals surface area contributed by atoms with E-state index in [-0.39, 0.29) is 6.04 Å². The molecule has 0 aliphatic carbocycles. The first-order valence-electron chi connectivity index (χ1n) is 12.1. The lowest BCUT2D eigenvalue weighted by Crippen LogP contribution is -2.53. The molecule has 3 heterocycles. The van der Waals surface area contributed by atoms with Crippen LogP contribution < -0.4 is 0 Å². The molecule has 0 amide bonds. The van der Waals surface area contributed by atoms with Crippen LogP contribution in [0.3, 0.4) is 0 Å². The van der Waals surface area contributed by atoms with Crippen LogP contribution in [0.2, 0.25) is 0 Å². The number of hydrogen-bond donors (Lipinski definition) is 0. The molecule has 31 heavy (non-hydrogen) atoms. The lowest BCUT2D eigenvalue weighted by molar-refractivity contribution is 0.0875. The normalized spacial score (nSPS) is 27.2. The van der Waals surface area contributed by atoms with Gasteiger partial charge >= 0.3 is 0 Å². The van der Waals surface area contributed by atoms with E-state index in [1.807, 2.05) is 0 Å². The second-order valence-corrected chi connectivity index (χ2v) is 10.1. The van der Waals surface area contributed by atoms with Crippen LogP contribution in [0.15, 0.2) is 45.5 Å². The molecule has 1 aromatic carbocycles. The summed E-state index contributed by atoms with van der Waals surface area (Å²) in [5.74, 6) is 1.56. The average molecular weight is 422 g/mol. The van der Waals surface area contributed by atoms with Crippen molar-refractivity contribution in [2.75, 3.05) is 13.1 Å². The number of nitrogens with zero attached hydrogens (tertiary/aromatic N) is 5. The standard InChI is InChI=1S/C26H39N5/c1-18(2)26-17-31(20(5)28-29-26)24-15-22-11-12-23(16-24)30(22)14-13-25(27-19(3)4)21-9-7-6-8-10-21/h6-10,18,22-25H,11-17H2,1-5H3. The zero-order valence-electron chi connectivity index (χ0n) is 20.0. The zero-order chi connectivity index (χ0) is 22.0. The van der Waals surface area contributed by atoms with Gasteiger partial charge in [-0.25, -0.2) is 0 Å². The molecule has 0 N–H and O–H groups in total. The molecule has 3 atom stereocenters. The summed E-state index contributed by atoms with van der Waals surface area (Å²) in [5.41, 5.74) is 3.73. The van der Waals surface area contributed by atoms with Crippen molar-refractivity contribution in [2.24, 2.45) is 21.1 Å². The Morgan fingerprint density at radius 3 is 2.32 bits per heavy atom. The fourth-order valence-electron chi connectivity index (χ4n) is 5.63. The number of fused-ring (bicyclic) bond motifs is 2. The molecule has 3 aliphatic rings. The van der Waals surface area contributed by atoms with Crippen molar-refractivity contribution in [2.45, 2.75) is 90.9 Å². The summed E-state index contributed by atoms with van der Waals surface area (Å²) < 4.78 is 0. The summed E-state index contributed by atoms with van der Waals surface area (Å²) >= 11 is 0. The first kappa shape index (κ1) is 22.2. The van der Waals surface area contributed by atoms with E-state index in [2.05, 4.69) is 85.0 Å². The predicted molar refractivity (Wildman–Crippen MR) is 131 cm³/mol. The number of hydrogen-bond acceptors (Lipinski definition) is 5. The summed E-state index contributed by atoms with van der Waals surface area (Å²) in [4.78, 5) is 10.3. The number of rotatable bonds is 7. The van der Waals surface area contributed by atoms with Crippen molar-refractivity contribution >= 4 is 17.3 Å². The SMILES string of the molecule is CC(C)=NC(CCN1C2CCC1CC(N1CC(C(C)C)=NN=C1C)C2)c1ccccc1. The highest BCUT2D eigenvalue weighted by molar-refractivity contribution is 5.95. The minimum Gasteiger partial charge on any atom is -0.350 e. The van der Waals surface area contributed by atoms with Crippen LogP contribution in [-0.2, 0) is 0 Å². The molecule has 2 bridgehead atoms. The molecule has 1 aromatic rings. The van der Waals surface area contributed by atoms with Gasteiger partial charge in [0.05, 0.1) is 18.3 Å². The molecule has 2 saturated heterocycles. The van der Waals surface area contributed by atoms with Crippen LogP contribution in [0.25, 0.3) is 0 Å².